The molecule has 1 saturated heterocycles. The van der Waals surface area contributed by atoms with Gasteiger partial charge in [0, 0.05) is 12.6 Å². The van der Waals surface area contributed by atoms with Crippen molar-refractivity contribution < 1.29 is 9.13 Å². The van der Waals surface area contributed by atoms with E-state index in [0.717, 1.165) is 38.5 Å². The minimum absolute atomic E-state index is 0.0919. The van der Waals surface area contributed by atoms with Crippen molar-refractivity contribution in [3.05, 3.63) is 12.0 Å². The number of aromatic nitrogens is 2. The van der Waals surface area contributed by atoms with Gasteiger partial charge in [-0.1, -0.05) is 0 Å². The Morgan fingerprint density at radius 3 is 3.00 bits per heavy atom. The Hall–Kier alpha value is -1.43. The summed E-state index contributed by atoms with van der Waals surface area (Å²) in [4.78, 5) is 7.92. The molecule has 0 radical (unpaired) electrons. The Labute approximate surface area is 98.8 Å². The van der Waals surface area contributed by atoms with Gasteiger partial charge in [-0.3, -0.25) is 0 Å². The topological polar surface area (TPSA) is 59.1 Å². The van der Waals surface area contributed by atoms with E-state index < -0.39 is 5.82 Å². The molecule has 2 aliphatic rings. The van der Waals surface area contributed by atoms with Gasteiger partial charge in [-0.15, -0.1) is 0 Å². The Bertz CT molecular complexity index is 404. The van der Waals surface area contributed by atoms with E-state index in [-0.39, 0.29) is 17.9 Å². The lowest BCUT2D eigenvalue weighted by molar-refractivity contribution is 0.204. The largest absolute Gasteiger partial charge is 0.459 e. The van der Waals surface area contributed by atoms with Crippen molar-refractivity contribution in [2.45, 2.75) is 31.4 Å². The highest BCUT2D eigenvalue weighted by Gasteiger charge is 2.24. The van der Waals surface area contributed by atoms with Crippen LogP contribution in [0.15, 0.2) is 6.20 Å². The van der Waals surface area contributed by atoms with E-state index in [4.69, 9.17) is 4.74 Å². The summed E-state index contributed by atoms with van der Waals surface area (Å²) >= 11 is 0. The van der Waals surface area contributed by atoms with Crippen LogP contribution in [0.1, 0.15) is 19.3 Å². The van der Waals surface area contributed by atoms with Gasteiger partial charge in [-0.2, -0.15) is 4.98 Å². The molecule has 0 amide bonds. The third-order valence-electron chi connectivity index (χ3n) is 2.93. The molecular formula is C11H15FN4O. The van der Waals surface area contributed by atoms with E-state index in [9.17, 15) is 4.39 Å². The molecule has 1 saturated carbocycles. The van der Waals surface area contributed by atoms with Crippen LogP contribution in [0, 0.1) is 5.82 Å². The standard InChI is InChI=1S/C11H15FN4O/c12-9-6-14-11(17-8-3-4-13-5-8)16-10(9)15-7-1-2-7/h6-8,13H,1-5H2,(H,14,15,16). The Morgan fingerprint density at radius 2 is 2.29 bits per heavy atom. The zero-order valence-electron chi connectivity index (χ0n) is 9.45. The van der Waals surface area contributed by atoms with Crippen molar-refractivity contribution in [2.75, 3.05) is 18.4 Å². The first-order valence-electron chi connectivity index (χ1n) is 5.98. The second-order valence-corrected chi connectivity index (χ2v) is 4.50. The normalized spacial score (nSPS) is 23.7. The minimum atomic E-state index is -0.422. The molecule has 1 atom stereocenters. The number of rotatable bonds is 4. The number of nitrogens with zero attached hydrogens (tertiary/aromatic N) is 2. The van der Waals surface area contributed by atoms with Crippen molar-refractivity contribution in [2.24, 2.45) is 0 Å². The fraction of sp³-hybridized carbons (Fsp3) is 0.636. The van der Waals surface area contributed by atoms with Crippen LogP contribution < -0.4 is 15.4 Å². The van der Waals surface area contributed by atoms with Gasteiger partial charge < -0.3 is 15.4 Å². The van der Waals surface area contributed by atoms with Crippen molar-refractivity contribution in [1.29, 1.82) is 0 Å². The van der Waals surface area contributed by atoms with Crippen LogP contribution in [0.3, 0.4) is 0 Å². The molecular weight excluding hydrogens is 223 g/mol. The fourth-order valence-corrected chi connectivity index (χ4v) is 1.81. The lowest BCUT2D eigenvalue weighted by Gasteiger charge is -2.11. The van der Waals surface area contributed by atoms with Gasteiger partial charge in [-0.05, 0) is 25.8 Å². The molecule has 1 aromatic rings. The van der Waals surface area contributed by atoms with Gasteiger partial charge in [0.05, 0.1) is 6.20 Å². The quantitative estimate of drug-likeness (QED) is 0.817. The van der Waals surface area contributed by atoms with Crippen LogP contribution in [-0.4, -0.2) is 35.2 Å². The summed E-state index contributed by atoms with van der Waals surface area (Å²) < 4.78 is 19.0. The molecule has 6 heteroatoms. The van der Waals surface area contributed by atoms with Crippen LogP contribution in [-0.2, 0) is 0 Å². The first-order chi connectivity index (χ1) is 8.31. The van der Waals surface area contributed by atoms with E-state index in [1.54, 1.807) is 0 Å². The number of hydrogen-bond acceptors (Lipinski definition) is 5. The summed E-state index contributed by atoms with van der Waals surface area (Å²) in [5, 5.41) is 6.22. The number of nitrogens with one attached hydrogen (secondary N) is 2. The van der Waals surface area contributed by atoms with Gasteiger partial charge >= 0.3 is 6.01 Å². The van der Waals surface area contributed by atoms with E-state index in [0.29, 0.717) is 6.04 Å². The third kappa shape index (κ3) is 2.63. The number of anilines is 1. The van der Waals surface area contributed by atoms with Crippen molar-refractivity contribution >= 4 is 5.82 Å². The smallest absolute Gasteiger partial charge is 0.318 e. The zero-order valence-corrected chi connectivity index (χ0v) is 9.45. The fourth-order valence-electron chi connectivity index (χ4n) is 1.81. The molecule has 5 nitrogen and oxygen atoms in total. The summed E-state index contributed by atoms with van der Waals surface area (Å²) in [7, 11) is 0. The van der Waals surface area contributed by atoms with E-state index in [1.807, 2.05) is 0 Å². The molecule has 2 heterocycles. The molecule has 1 aliphatic carbocycles. The molecule has 92 valence electrons. The molecule has 1 aliphatic heterocycles. The molecule has 0 spiro atoms. The monoisotopic (exact) mass is 238 g/mol. The van der Waals surface area contributed by atoms with E-state index >= 15 is 0 Å². The SMILES string of the molecule is Fc1cnc(OC2CCNC2)nc1NC1CC1. The van der Waals surface area contributed by atoms with E-state index in [2.05, 4.69) is 20.6 Å². The van der Waals surface area contributed by atoms with Gasteiger partial charge in [0.25, 0.3) is 0 Å². The Kier molecular flexibility index (Phi) is 2.80. The third-order valence-corrected chi connectivity index (χ3v) is 2.93. The van der Waals surface area contributed by atoms with Crippen molar-refractivity contribution in [1.82, 2.24) is 15.3 Å². The van der Waals surface area contributed by atoms with Crippen LogP contribution >= 0.6 is 0 Å². The highest BCUT2D eigenvalue weighted by atomic mass is 19.1. The molecule has 17 heavy (non-hydrogen) atoms. The predicted octanol–water partition coefficient (Wildman–Crippen LogP) is 0.931. The molecule has 2 fully saturated rings. The summed E-state index contributed by atoms with van der Waals surface area (Å²) in [6.45, 7) is 1.74. The van der Waals surface area contributed by atoms with Gasteiger partial charge in [-0.25, -0.2) is 9.37 Å². The Balaban J connectivity index is 1.70. The molecule has 0 bridgehead atoms. The average molecular weight is 238 g/mol. The van der Waals surface area contributed by atoms with Crippen LogP contribution in [0.5, 0.6) is 6.01 Å². The highest BCUT2D eigenvalue weighted by Crippen LogP contribution is 2.25. The summed E-state index contributed by atoms with van der Waals surface area (Å²) in [5.74, 6) is -0.169. The van der Waals surface area contributed by atoms with E-state index in [1.165, 1.54) is 0 Å². The summed E-state index contributed by atoms with van der Waals surface area (Å²) in [6.07, 6.45) is 4.34. The lowest BCUT2D eigenvalue weighted by Crippen LogP contribution is -2.21. The molecule has 1 aromatic heterocycles. The van der Waals surface area contributed by atoms with Crippen LogP contribution in [0.4, 0.5) is 10.2 Å². The molecule has 0 aromatic carbocycles. The average Bonchev–Trinajstić information content (AvgIpc) is 2.98. The van der Waals surface area contributed by atoms with Gasteiger partial charge in [0.2, 0.25) is 0 Å². The molecule has 2 N–H and O–H groups in total. The number of halogens is 1. The highest BCUT2D eigenvalue weighted by molar-refractivity contribution is 5.38. The predicted molar refractivity (Wildman–Crippen MR) is 60.5 cm³/mol. The summed E-state index contributed by atoms with van der Waals surface area (Å²) in [5.41, 5.74) is 0. The maximum absolute atomic E-state index is 13.4. The molecule has 3 rings (SSSR count). The van der Waals surface area contributed by atoms with Crippen molar-refractivity contribution in [3.8, 4) is 6.01 Å². The lowest BCUT2D eigenvalue weighted by atomic mass is 10.3. The maximum Gasteiger partial charge on any atom is 0.318 e. The zero-order chi connectivity index (χ0) is 11.7. The Morgan fingerprint density at radius 1 is 1.41 bits per heavy atom. The maximum atomic E-state index is 13.4. The van der Waals surface area contributed by atoms with Crippen molar-refractivity contribution in [3.63, 3.8) is 0 Å². The van der Waals surface area contributed by atoms with Gasteiger partial charge in [0.1, 0.15) is 6.10 Å². The summed E-state index contributed by atoms with van der Waals surface area (Å²) in [6, 6.07) is 0.614. The van der Waals surface area contributed by atoms with Gasteiger partial charge in [0.15, 0.2) is 11.6 Å². The first kappa shape index (κ1) is 10.7. The number of ether oxygens (including phenoxy) is 1. The van der Waals surface area contributed by atoms with Crippen LogP contribution in [0.2, 0.25) is 0 Å². The molecule has 1 unspecified atom stereocenters. The minimum Gasteiger partial charge on any atom is -0.459 e. The number of hydrogen-bond donors (Lipinski definition) is 2. The van der Waals surface area contributed by atoms with Crippen LogP contribution in [0.25, 0.3) is 0 Å². The second-order valence-electron chi connectivity index (χ2n) is 4.50. The first-order valence-corrected chi connectivity index (χ1v) is 5.98. The second kappa shape index (κ2) is 4.44.